The van der Waals surface area contributed by atoms with Gasteiger partial charge >= 0.3 is 5.69 Å². The Labute approximate surface area is 105 Å². The van der Waals surface area contributed by atoms with E-state index < -0.39 is 4.92 Å². The van der Waals surface area contributed by atoms with Gasteiger partial charge in [0, 0.05) is 13.6 Å². The van der Waals surface area contributed by atoms with Crippen LogP contribution in [0.15, 0.2) is 6.33 Å². The van der Waals surface area contributed by atoms with Crippen molar-refractivity contribution in [3.8, 4) is 0 Å². The normalized spacial score (nSPS) is 15.6. The van der Waals surface area contributed by atoms with Crippen LogP contribution in [0.3, 0.4) is 0 Å². The molecule has 1 heterocycles. The molecule has 0 aliphatic heterocycles. The summed E-state index contributed by atoms with van der Waals surface area (Å²) < 4.78 is 0. The van der Waals surface area contributed by atoms with Crippen molar-refractivity contribution < 1.29 is 4.92 Å². The van der Waals surface area contributed by atoms with Gasteiger partial charge in [-0.05, 0) is 18.8 Å². The van der Waals surface area contributed by atoms with E-state index in [1.54, 1.807) is 7.05 Å². The van der Waals surface area contributed by atoms with E-state index in [0.717, 1.165) is 6.54 Å². The summed E-state index contributed by atoms with van der Waals surface area (Å²) in [6, 6.07) is 0. The predicted octanol–water partition coefficient (Wildman–Crippen LogP) is 2.03. The molecule has 1 aromatic rings. The van der Waals surface area contributed by atoms with E-state index in [1.807, 2.05) is 0 Å². The second-order valence-electron chi connectivity index (χ2n) is 4.46. The van der Waals surface area contributed by atoms with Crippen LogP contribution < -0.4 is 10.6 Å². The highest BCUT2D eigenvalue weighted by atomic mass is 16.6. The molecule has 98 valence electrons. The fourth-order valence-electron chi connectivity index (χ4n) is 2.32. The van der Waals surface area contributed by atoms with Gasteiger partial charge in [-0.1, -0.05) is 12.8 Å². The molecule has 0 amide bonds. The standard InChI is InChI=1S/C11H17N5O2/c1-12-10-9(16(17)18)11(15-7-14-10)13-6-8-4-2-3-5-8/h7-8H,2-6H2,1H3,(H2,12,13,14,15). The number of anilines is 2. The molecule has 2 N–H and O–H groups in total. The Balaban J connectivity index is 2.13. The van der Waals surface area contributed by atoms with Crippen LogP contribution in [-0.4, -0.2) is 28.5 Å². The number of nitrogens with zero attached hydrogens (tertiary/aromatic N) is 3. The Bertz CT molecular complexity index is 431. The summed E-state index contributed by atoms with van der Waals surface area (Å²) in [5.41, 5.74) is -0.0852. The second kappa shape index (κ2) is 5.61. The van der Waals surface area contributed by atoms with Crippen LogP contribution in [0.5, 0.6) is 0 Å². The third-order valence-corrected chi connectivity index (χ3v) is 3.27. The molecule has 0 atom stereocenters. The molecule has 7 nitrogen and oxygen atoms in total. The van der Waals surface area contributed by atoms with Gasteiger partial charge in [-0.25, -0.2) is 9.97 Å². The van der Waals surface area contributed by atoms with Gasteiger partial charge in [-0.2, -0.15) is 0 Å². The highest BCUT2D eigenvalue weighted by Crippen LogP contribution is 2.30. The van der Waals surface area contributed by atoms with E-state index in [-0.39, 0.29) is 11.5 Å². The topological polar surface area (TPSA) is 93.0 Å². The van der Waals surface area contributed by atoms with Crippen molar-refractivity contribution in [2.24, 2.45) is 5.92 Å². The van der Waals surface area contributed by atoms with Crippen molar-refractivity contribution in [2.45, 2.75) is 25.7 Å². The van der Waals surface area contributed by atoms with Gasteiger partial charge in [0.2, 0.25) is 11.6 Å². The Hall–Kier alpha value is -1.92. The molecule has 0 aromatic carbocycles. The first kappa shape index (κ1) is 12.5. The Morgan fingerprint density at radius 1 is 1.39 bits per heavy atom. The van der Waals surface area contributed by atoms with Gasteiger partial charge in [-0.15, -0.1) is 0 Å². The summed E-state index contributed by atoms with van der Waals surface area (Å²) in [6.45, 7) is 0.737. The minimum atomic E-state index is -0.456. The van der Waals surface area contributed by atoms with E-state index in [4.69, 9.17) is 0 Å². The van der Waals surface area contributed by atoms with Crippen LogP contribution in [0.25, 0.3) is 0 Å². The average molecular weight is 251 g/mol. The average Bonchev–Trinajstić information content (AvgIpc) is 2.88. The monoisotopic (exact) mass is 251 g/mol. The summed E-state index contributed by atoms with van der Waals surface area (Å²) in [4.78, 5) is 18.4. The van der Waals surface area contributed by atoms with Crippen molar-refractivity contribution in [2.75, 3.05) is 24.2 Å². The minimum Gasteiger partial charge on any atom is -0.367 e. The van der Waals surface area contributed by atoms with Gasteiger partial charge in [0.25, 0.3) is 0 Å². The van der Waals surface area contributed by atoms with E-state index in [0.29, 0.717) is 11.7 Å². The zero-order chi connectivity index (χ0) is 13.0. The summed E-state index contributed by atoms with van der Waals surface area (Å²) in [7, 11) is 1.61. The lowest BCUT2D eigenvalue weighted by molar-refractivity contribution is -0.383. The summed E-state index contributed by atoms with van der Waals surface area (Å²) >= 11 is 0. The second-order valence-corrected chi connectivity index (χ2v) is 4.46. The summed E-state index contributed by atoms with van der Waals surface area (Å²) in [5, 5.41) is 16.8. The van der Waals surface area contributed by atoms with Crippen molar-refractivity contribution in [3.63, 3.8) is 0 Å². The molecule has 7 heteroatoms. The number of hydrogen-bond acceptors (Lipinski definition) is 6. The quantitative estimate of drug-likeness (QED) is 0.614. The first-order valence-corrected chi connectivity index (χ1v) is 6.13. The fraction of sp³-hybridized carbons (Fsp3) is 0.636. The van der Waals surface area contributed by atoms with Gasteiger partial charge in [0.15, 0.2) is 0 Å². The lowest BCUT2D eigenvalue weighted by atomic mass is 10.1. The molecule has 18 heavy (non-hydrogen) atoms. The molecule has 0 saturated heterocycles. The highest BCUT2D eigenvalue weighted by Gasteiger charge is 2.23. The van der Waals surface area contributed by atoms with E-state index >= 15 is 0 Å². The van der Waals surface area contributed by atoms with Crippen LogP contribution in [0, 0.1) is 16.0 Å². The Morgan fingerprint density at radius 2 is 2.06 bits per heavy atom. The zero-order valence-electron chi connectivity index (χ0n) is 10.3. The smallest absolute Gasteiger partial charge is 0.353 e. The SMILES string of the molecule is CNc1ncnc(NCC2CCCC2)c1[N+](=O)[O-]. The zero-order valence-corrected chi connectivity index (χ0v) is 10.3. The molecule has 1 fully saturated rings. The van der Waals surface area contributed by atoms with Crippen molar-refractivity contribution in [1.82, 2.24) is 9.97 Å². The molecule has 0 unspecified atom stereocenters. The summed E-state index contributed by atoms with van der Waals surface area (Å²) in [6.07, 6.45) is 6.20. The molecule has 1 aliphatic rings. The minimum absolute atomic E-state index is 0.0852. The molecule has 0 spiro atoms. The maximum absolute atomic E-state index is 11.0. The lowest BCUT2D eigenvalue weighted by Crippen LogP contribution is -2.14. The number of aromatic nitrogens is 2. The molecule has 1 aliphatic carbocycles. The summed E-state index contributed by atoms with van der Waals surface area (Å²) in [5.74, 6) is 1.13. The highest BCUT2D eigenvalue weighted by molar-refractivity contribution is 5.68. The van der Waals surface area contributed by atoms with Gasteiger partial charge in [0.1, 0.15) is 6.33 Å². The largest absolute Gasteiger partial charge is 0.367 e. The first-order chi connectivity index (χ1) is 8.72. The molecule has 0 bridgehead atoms. The predicted molar refractivity (Wildman–Crippen MR) is 68.7 cm³/mol. The van der Waals surface area contributed by atoms with Crippen LogP contribution in [0.4, 0.5) is 17.3 Å². The van der Waals surface area contributed by atoms with Gasteiger partial charge in [0.05, 0.1) is 4.92 Å². The molecule has 2 rings (SSSR count). The van der Waals surface area contributed by atoms with E-state index in [1.165, 1.54) is 32.0 Å². The Morgan fingerprint density at radius 3 is 2.67 bits per heavy atom. The van der Waals surface area contributed by atoms with Crippen LogP contribution >= 0.6 is 0 Å². The fourth-order valence-corrected chi connectivity index (χ4v) is 2.32. The third-order valence-electron chi connectivity index (χ3n) is 3.27. The maximum atomic E-state index is 11.0. The number of hydrogen-bond donors (Lipinski definition) is 2. The number of nitro groups is 1. The van der Waals surface area contributed by atoms with E-state index in [2.05, 4.69) is 20.6 Å². The van der Waals surface area contributed by atoms with Gasteiger partial charge in [-0.3, -0.25) is 10.1 Å². The van der Waals surface area contributed by atoms with Crippen LogP contribution in [0.2, 0.25) is 0 Å². The maximum Gasteiger partial charge on any atom is 0.353 e. The van der Waals surface area contributed by atoms with Crippen molar-refractivity contribution >= 4 is 17.3 Å². The van der Waals surface area contributed by atoms with Crippen molar-refractivity contribution in [1.29, 1.82) is 0 Å². The van der Waals surface area contributed by atoms with E-state index in [9.17, 15) is 10.1 Å². The number of rotatable bonds is 5. The molecule has 1 aromatic heterocycles. The molecule has 0 radical (unpaired) electrons. The van der Waals surface area contributed by atoms with Crippen LogP contribution in [-0.2, 0) is 0 Å². The number of nitrogens with one attached hydrogen (secondary N) is 2. The third kappa shape index (κ3) is 2.66. The Kier molecular flexibility index (Phi) is 3.91. The molecule has 1 saturated carbocycles. The first-order valence-electron chi connectivity index (χ1n) is 6.13. The van der Waals surface area contributed by atoms with Gasteiger partial charge < -0.3 is 10.6 Å². The lowest BCUT2D eigenvalue weighted by Gasteiger charge is -2.11. The van der Waals surface area contributed by atoms with Crippen molar-refractivity contribution in [3.05, 3.63) is 16.4 Å². The van der Waals surface area contributed by atoms with Crippen LogP contribution in [0.1, 0.15) is 25.7 Å². The molecular weight excluding hydrogens is 234 g/mol. The molecular formula is C11H17N5O2.